The van der Waals surface area contributed by atoms with Crippen LogP contribution in [0.2, 0.25) is 0 Å². The lowest BCUT2D eigenvalue weighted by Crippen LogP contribution is -2.22. The van der Waals surface area contributed by atoms with Gasteiger partial charge in [0.05, 0.1) is 23.8 Å². The van der Waals surface area contributed by atoms with Crippen LogP contribution in [0.25, 0.3) is 11.0 Å². The predicted molar refractivity (Wildman–Crippen MR) is 91.7 cm³/mol. The quantitative estimate of drug-likeness (QED) is 0.753. The van der Waals surface area contributed by atoms with Gasteiger partial charge in [0.1, 0.15) is 16.9 Å². The third-order valence-corrected chi connectivity index (χ3v) is 4.43. The monoisotopic (exact) mass is 335 g/mol. The molecule has 0 spiro atoms. The van der Waals surface area contributed by atoms with Gasteiger partial charge >= 0.3 is 0 Å². The maximum absolute atomic E-state index is 9.89. The van der Waals surface area contributed by atoms with Crippen LogP contribution in [0.15, 0.2) is 40.3 Å². The molecule has 8 nitrogen and oxygen atoms in total. The van der Waals surface area contributed by atoms with Gasteiger partial charge in [0.2, 0.25) is 0 Å². The van der Waals surface area contributed by atoms with Crippen LogP contribution in [0.4, 0.5) is 5.82 Å². The van der Waals surface area contributed by atoms with Gasteiger partial charge in [-0.05, 0) is 36.0 Å². The molecule has 0 bridgehead atoms. The highest BCUT2D eigenvalue weighted by Gasteiger charge is 2.32. The van der Waals surface area contributed by atoms with E-state index in [9.17, 15) is 5.26 Å². The van der Waals surface area contributed by atoms with Crippen LogP contribution in [0.1, 0.15) is 23.5 Å². The van der Waals surface area contributed by atoms with E-state index in [0.29, 0.717) is 16.6 Å². The molecule has 3 aromatic rings. The van der Waals surface area contributed by atoms with E-state index in [1.54, 1.807) is 6.20 Å². The molecule has 2 aromatic heterocycles. The van der Waals surface area contributed by atoms with Crippen LogP contribution in [-0.2, 0) is 0 Å². The Bertz CT molecular complexity index is 992. The Balaban J connectivity index is 1.89. The lowest BCUT2D eigenvalue weighted by Gasteiger charge is -2.27. The van der Waals surface area contributed by atoms with Crippen molar-refractivity contribution >= 4 is 16.9 Å². The van der Waals surface area contributed by atoms with Crippen LogP contribution in [-0.4, -0.2) is 46.1 Å². The van der Waals surface area contributed by atoms with E-state index >= 15 is 0 Å². The third-order valence-electron chi connectivity index (χ3n) is 4.43. The van der Waals surface area contributed by atoms with Crippen molar-refractivity contribution in [2.24, 2.45) is 0 Å². The van der Waals surface area contributed by atoms with Gasteiger partial charge in [-0.1, -0.05) is 12.1 Å². The first-order valence-corrected chi connectivity index (χ1v) is 7.98. The van der Waals surface area contributed by atoms with Crippen LogP contribution in [0.3, 0.4) is 0 Å². The number of aromatic amines is 1. The molecule has 0 saturated carbocycles. The minimum Gasteiger partial charge on any atom is -0.343 e. The maximum atomic E-state index is 9.89. The van der Waals surface area contributed by atoms with Crippen LogP contribution < -0.4 is 5.32 Å². The molecule has 1 aromatic carbocycles. The average Bonchev–Trinajstić information content (AvgIpc) is 3.26. The minimum atomic E-state index is -0.257. The standard InChI is InChI=1S/C17H17N7O/c1-24(2)7-6-13-11(8-18)15(12-9-19-21-17(12)20-13)10-4-3-5-14-16(10)23-25-22-14/h3-5,9,15H,6-7H2,1-2H3,(H2,19,20,21). The number of nitriles is 1. The number of fused-ring (bicyclic) bond motifs is 2. The van der Waals surface area contributed by atoms with Crippen molar-refractivity contribution in [2.45, 2.75) is 12.3 Å². The molecule has 1 unspecified atom stereocenters. The third kappa shape index (κ3) is 2.55. The summed E-state index contributed by atoms with van der Waals surface area (Å²) in [7, 11) is 4.02. The van der Waals surface area contributed by atoms with E-state index in [4.69, 9.17) is 4.63 Å². The summed E-state index contributed by atoms with van der Waals surface area (Å²) in [6, 6.07) is 8.09. The highest BCUT2D eigenvalue weighted by Crippen LogP contribution is 2.42. The first kappa shape index (κ1) is 15.4. The van der Waals surface area contributed by atoms with Gasteiger partial charge in [-0.25, -0.2) is 4.63 Å². The summed E-state index contributed by atoms with van der Waals surface area (Å²) < 4.78 is 4.90. The lowest BCUT2D eigenvalue weighted by molar-refractivity contribution is 0.315. The summed E-state index contributed by atoms with van der Waals surface area (Å²) in [6.07, 6.45) is 2.48. The molecule has 1 aliphatic heterocycles. The Kier molecular flexibility index (Phi) is 3.71. The predicted octanol–water partition coefficient (Wildman–Crippen LogP) is 2.23. The summed E-state index contributed by atoms with van der Waals surface area (Å²) in [5, 5.41) is 28.3. The molecule has 3 heterocycles. The maximum Gasteiger partial charge on any atom is 0.139 e. The molecule has 2 N–H and O–H groups in total. The molecule has 1 aliphatic rings. The molecule has 8 heteroatoms. The average molecular weight is 335 g/mol. The fraction of sp³-hybridized carbons (Fsp3) is 0.294. The fourth-order valence-corrected chi connectivity index (χ4v) is 3.21. The largest absolute Gasteiger partial charge is 0.343 e. The summed E-state index contributed by atoms with van der Waals surface area (Å²) in [5.41, 5.74) is 4.72. The van der Waals surface area contributed by atoms with E-state index in [1.165, 1.54) is 0 Å². The number of nitrogens with zero attached hydrogens (tertiary/aromatic N) is 5. The Morgan fingerprint density at radius 1 is 1.28 bits per heavy atom. The summed E-state index contributed by atoms with van der Waals surface area (Å²) >= 11 is 0. The van der Waals surface area contributed by atoms with E-state index in [0.717, 1.165) is 35.6 Å². The zero-order valence-corrected chi connectivity index (χ0v) is 13.9. The highest BCUT2D eigenvalue weighted by molar-refractivity contribution is 5.80. The SMILES string of the molecule is CN(C)CCC1=C(C#N)C(c2cccc3nonc23)c2cn[nH]c2N1. The molecule has 25 heavy (non-hydrogen) atoms. The lowest BCUT2D eigenvalue weighted by atomic mass is 9.82. The van der Waals surface area contributed by atoms with Gasteiger partial charge in [-0.2, -0.15) is 10.4 Å². The zero-order valence-electron chi connectivity index (χ0n) is 13.9. The first-order valence-electron chi connectivity index (χ1n) is 7.98. The number of anilines is 1. The Labute approximate surface area is 144 Å². The minimum absolute atomic E-state index is 0.257. The number of allylic oxidation sites excluding steroid dienone is 1. The molecule has 1 atom stereocenters. The van der Waals surface area contributed by atoms with Gasteiger partial charge < -0.3 is 10.2 Å². The van der Waals surface area contributed by atoms with Crippen LogP contribution in [0, 0.1) is 11.3 Å². The molecule has 126 valence electrons. The molecule has 0 fully saturated rings. The van der Waals surface area contributed by atoms with Gasteiger partial charge in [0.15, 0.2) is 0 Å². The van der Waals surface area contributed by atoms with E-state index in [-0.39, 0.29) is 5.92 Å². The second-order valence-electron chi connectivity index (χ2n) is 6.29. The zero-order chi connectivity index (χ0) is 17.4. The van der Waals surface area contributed by atoms with Crippen molar-refractivity contribution in [2.75, 3.05) is 26.0 Å². The fourth-order valence-electron chi connectivity index (χ4n) is 3.21. The van der Waals surface area contributed by atoms with Crippen molar-refractivity contribution < 1.29 is 4.63 Å². The Morgan fingerprint density at radius 2 is 2.16 bits per heavy atom. The summed E-state index contributed by atoms with van der Waals surface area (Å²) in [4.78, 5) is 2.09. The molecular formula is C17H17N7O. The van der Waals surface area contributed by atoms with Crippen LogP contribution in [0.5, 0.6) is 0 Å². The van der Waals surface area contributed by atoms with Gasteiger partial charge in [-0.15, -0.1) is 0 Å². The molecule has 0 aliphatic carbocycles. The molecule has 0 amide bonds. The van der Waals surface area contributed by atoms with Crippen molar-refractivity contribution in [1.29, 1.82) is 5.26 Å². The van der Waals surface area contributed by atoms with Crippen molar-refractivity contribution in [3.8, 4) is 6.07 Å². The normalized spacial score (nSPS) is 16.8. The number of nitrogens with one attached hydrogen (secondary N) is 2. The number of hydrogen-bond donors (Lipinski definition) is 2. The smallest absolute Gasteiger partial charge is 0.139 e. The van der Waals surface area contributed by atoms with Crippen molar-refractivity contribution in [1.82, 2.24) is 25.4 Å². The number of hydrogen-bond acceptors (Lipinski definition) is 7. The molecule has 0 saturated heterocycles. The van der Waals surface area contributed by atoms with E-state index in [2.05, 4.69) is 36.8 Å². The Morgan fingerprint density at radius 3 is 2.96 bits per heavy atom. The number of benzene rings is 1. The van der Waals surface area contributed by atoms with Crippen molar-refractivity contribution in [3.63, 3.8) is 0 Å². The number of rotatable bonds is 4. The van der Waals surface area contributed by atoms with E-state index < -0.39 is 0 Å². The Hall–Kier alpha value is -3.18. The summed E-state index contributed by atoms with van der Waals surface area (Å²) in [5.74, 6) is 0.555. The first-order chi connectivity index (χ1) is 12.2. The van der Waals surface area contributed by atoms with Gasteiger partial charge in [-0.3, -0.25) is 5.10 Å². The number of H-pyrrole nitrogens is 1. The summed E-state index contributed by atoms with van der Waals surface area (Å²) in [6.45, 7) is 0.833. The van der Waals surface area contributed by atoms with Crippen LogP contribution >= 0.6 is 0 Å². The number of aromatic nitrogens is 4. The molecular weight excluding hydrogens is 318 g/mol. The second-order valence-corrected chi connectivity index (χ2v) is 6.29. The highest BCUT2D eigenvalue weighted by atomic mass is 16.6. The molecule has 0 radical (unpaired) electrons. The van der Waals surface area contributed by atoms with Crippen molar-refractivity contribution in [3.05, 3.63) is 46.8 Å². The van der Waals surface area contributed by atoms with Gasteiger partial charge in [0, 0.05) is 24.2 Å². The topological polar surface area (TPSA) is 107 Å². The molecule has 4 rings (SSSR count). The van der Waals surface area contributed by atoms with Gasteiger partial charge in [0.25, 0.3) is 0 Å². The van der Waals surface area contributed by atoms with E-state index in [1.807, 2.05) is 32.3 Å². The second kappa shape index (κ2) is 6.03.